The van der Waals surface area contributed by atoms with Crippen molar-refractivity contribution in [3.8, 4) is 5.75 Å². The Morgan fingerprint density at radius 3 is 2.31 bits per heavy atom. The summed E-state index contributed by atoms with van der Waals surface area (Å²) in [5.41, 5.74) is 3.18. The summed E-state index contributed by atoms with van der Waals surface area (Å²) < 4.78 is 0. The lowest BCUT2D eigenvalue weighted by atomic mass is 10.1. The van der Waals surface area contributed by atoms with Gasteiger partial charge in [0.05, 0.1) is 5.56 Å². The van der Waals surface area contributed by atoms with Crippen LogP contribution < -0.4 is 5.32 Å². The number of carbonyl (C=O) groups is 1. The average molecular weight is 353 g/mol. The molecule has 0 aliphatic carbocycles. The van der Waals surface area contributed by atoms with Crippen molar-refractivity contribution < 1.29 is 9.90 Å². The standard InChI is InChI=1S/C21H27N3O2/c1-3-23-10-12-24(13-11-23)15-17-5-7-18(8-6-17)22-21(26)19-9-4-16(2)14-20(19)25/h4-9,14,25H,3,10-13,15H2,1-2H3,(H,22,26). The maximum Gasteiger partial charge on any atom is 0.259 e. The molecule has 0 radical (unpaired) electrons. The van der Waals surface area contributed by atoms with E-state index in [-0.39, 0.29) is 17.2 Å². The fourth-order valence-corrected chi connectivity index (χ4v) is 3.25. The number of nitrogens with one attached hydrogen (secondary N) is 1. The van der Waals surface area contributed by atoms with Crippen LogP contribution in [0.4, 0.5) is 5.69 Å². The Kier molecular flexibility index (Phi) is 5.91. The van der Waals surface area contributed by atoms with E-state index < -0.39 is 0 Å². The van der Waals surface area contributed by atoms with Crippen LogP contribution in [0.15, 0.2) is 42.5 Å². The minimum atomic E-state index is -0.300. The van der Waals surface area contributed by atoms with Gasteiger partial charge in [-0.1, -0.05) is 25.1 Å². The van der Waals surface area contributed by atoms with E-state index in [0.29, 0.717) is 0 Å². The molecule has 1 fully saturated rings. The molecule has 138 valence electrons. The number of hydrogen-bond donors (Lipinski definition) is 2. The minimum Gasteiger partial charge on any atom is -0.507 e. The fourth-order valence-electron chi connectivity index (χ4n) is 3.25. The zero-order chi connectivity index (χ0) is 18.5. The first-order chi connectivity index (χ1) is 12.5. The second kappa shape index (κ2) is 8.34. The van der Waals surface area contributed by atoms with Gasteiger partial charge in [-0.3, -0.25) is 9.69 Å². The number of rotatable bonds is 5. The molecule has 2 aromatic rings. The predicted octanol–water partition coefficient (Wildman–Crippen LogP) is 3.09. The van der Waals surface area contributed by atoms with E-state index in [1.165, 1.54) is 5.56 Å². The summed E-state index contributed by atoms with van der Waals surface area (Å²) in [4.78, 5) is 17.3. The maximum atomic E-state index is 12.3. The van der Waals surface area contributed by atoms with Crippen LogP contribution in [0.5, 0.6) is 5.75 Å². The molecule has 0 saturated carbocycles. The molecule has 1 amide bonds. The Balaban J connectivity index is 1.57. The number of nitrogens with zero attached hydrogens (tertiary/aromatic N) is 2. The fraction of sp³-hybridized carbons (Fsp3) is 0.381. The van der Waals surface area contributed by atoms with Crippen molar-refractivity contribution in [2.45, 2.75) is 20.4 Å². The van der Waals surface area contributed by atoms with E-state index >= 15 is 0 Å². The largest absolute Gasteiger partial charge is 0.507 e. The summed E-state index contributed by atoms with van der Waals surface area (Å²) in [7, 11) is 0. The molecule has 0 unspecified atom stereocenters. The molecule has 1 heterocycles. The van der Waals surface area contributed by atoms with Gasteiger partial charge >= 0.3 is 0 Å². The molecule has 26 heavy (non-hydrogen) atoms. The number of phenols is 1. The van der Waals surface area contributed by atoms with Crippen molar-refractivity contribution >= 4 is 11.6 Å². The number of benzene rings is 2. The van der Waals surface area contributed by atoms with Crippen molar-refractivity contribution in [1.29, 1.82) is 0 Å². The molecule has 1 aliphatic rings. The Bertz CT molecular complexity index is 750. The third kappa shape index (κ3) is 4.62. The monoisotopic (exact) mass is 353 g/mol. The number of hydrogen-bond acceptors (Lipinski definition) is 4. The number of carbonyl (C=O) groups excluding carboxylic acids is 1. The summed E-state index contributed by atoms with van der Waals surface area (Å²) in [6, 6.07) is 13.0. The van der Waals surface area contributed by atoms with Gasteiger partial charge in [-0.15, -0.1) is 0 Å². The van der Waals surface area contributed by atoms with Gasteiger partial charge in [0.2, 0.25) is 0 Å². The maximum absolute atomic E-state index is 12.3. The topological polar surface area (TPSA) is 55.8 Å². The molecule has 2 aromatic carbocycles. The molecule has 2 N–H and O–H groups in total. The van der Waals surface area contributed by atoms with E-state index in [1.807, 2.05) is 25.1 Å². The van der Waals surface area contributed by atoms with Gasteiger partial charge in [-0.2, -0.15) is 0 Å². The van der Waals surface area contributed by atoms with Crippen LogP contribution in [-0.4, -0.2) is 53.5 Å². The smallest absolute Gasteiger partial charge is 0.259 e. The van der Waals surface area contributed by atoms with E-state index in [2.05, 4.69) is 34.2 Å². The van der Waals surface area contributed by atoms with Crippen molar-refractivity contribution in [1.82, 2.24) is 9.80 Å². The molecule has 0 spiro atoms. The number of amides is 1. The Morgan fingerprint density at radius 1 is 1.04 bits per heavy atom. The van der Waals surface area contributed by atoms with Gasteiger partial charge in [0.1, 0.15) is 5.75 Å². The quantitative estimate of drug-likeness (QED) is 0.867. The summed E-state index contributed by atoms with van der Waals surface area (Å²) in [6.07, 6.45) is 0. The van der Waals surface area contributed by atoms with E-state index in [4.69, 9.17) is 0 Å². The molecule has 1 saturated heterocycles. The highest BCUT2D eigenvalue weighted by Gasteiger charge is 2.15. The van der Waals surface area contributed by atoms with Crippen LogP contribution in [0.3, 0.4) is 0 Å². The number of phenolic OH excluding ortho intramolecular Hbond substituents is 1. The summed E-state index contributed by atoms with van der Waals surface area (Å²) >= 11 is 0. The van der Waals surface area contributed by atoms with Crippen LogP contribution in [0, 0.1) is 6.92 Å². The molecular formula is C21H27N3O2. The third-order valence-electron chi connectivity index (χ3n) is 4.93. The number of piperazine rings is 1. The van der Waals surface area contributed by atoms with E-state index in [0.717, 1.165) is 50.5 Å². The first kappa shape index (κ1) is 18.4. The summed E-state index contributed by atoms with van der Waals surface area (Å²) in [5.74, 6) is -0.295. The number of aryl methyl sites for hydroxylation is 1. The van der Waals surface area contributed by atoms with Gasteiger partial charge in [0.25, 0.3) is 5.91 Å². The van der Waals surface area contributed by atoms with Crippen molar-refractivity contribution in [2.75, 3.05) is 38.0 Å². The first-order valence-corrected chi connectivity index (χ1v) is 9.20. The highest BCUT2D eigenvalue weighted by Crippen LogP contribution is 2.20. The second-order valence-corrected chi connectivity index (χ2v) is 6.88. The molecular weight excluding hydrogens is 326 g/mol. The van der Waals surface area contributed by atoms with Gasteiger partial charge in [-0.25, -0.2) is 0 Å². The molecule has 3 rings (SSSR count). The van der Waals surface area contributed by atoms with Crippen LogP contribution in [0.2, 0.25) is 0 Å². The lowest BCUT2D eigenvalue weighted by Gasteiger charge is -2.34. The Hall–Kier alpha value is -2.37. The number of likely N-dealkylation sites (N-methyl/N-ethyl adjacent to an activating group) is 1. The molecule has 0 bridgehead atoms. The molecule has 0 atom stereocenters. The zero-order valence-electron chi connectivity index (χ0n) is 15.5. The predicted molar refractivity (Wildman–Crippen MR) is 105 cm³/mol. The molecule has 1 aliphatic heterocycles. The van der Waals surface area contributed by atoms with Crippen molar-refractivity contribution in [3.63, 3.8) is 0 Å². The van der Waals surface area contributed by atoms with Crippen molar-refractivity contribution in [2.24, 2.45) is 0 Å². The summed E-state index contributed by atoms with van der Waals surface area (Å²) in [5, 5.41) is 12.8. The van der Waals surface area contributed by atoms with Gasteiger partial charge in [0.15, 0.2) is 0 Å². The normalized spacial score (nSPS) is 15.8. The van der Waals surface area contributed by atoms with Gasteiger partial charge in [-0.05, 0) is 48.9 Å². The van der Waals surface area contributed by atoms with E-state index in [9.17, 15) is 9.90 Å². The highest BCUT2D eigenvalue weighted by atomic mass is 16.3. The second-order valence-electron chi connectivity index (χ2n) is 6.88. The average Bonchev–Trinajstić information content (AvgIpc) is 2.64. The minimum absolute atomic E-state index is 0.00495. The molecule has 5 nitrogen and oxygen atoms in total. The van der Waals surface area contributed by atoms with Crippen LogP contribution >= 0.6 is 0 Å². The Labute approximate surface area is 155 Å². The number of aromatic hydroxyl groups is 1. The van der Waals surface area contributed by atoms with Crippen molar-refractivity contribution in [3.05, 3.63) is 59.2 Å². The van der Waals surface area contributed by atoms with E-state index in [1.54, 1.807) is 12.1 Å². The van der Waals surface area contributed by atoms with Crippen LogP contribution in [-0.2, 0) is 6.54 Å². The number of anilines is 1. The third-order valence-corrected chi connectivity index (χ3v) is 4.93. The SMILES string of the molecule is CCN1CCN(Cc2ccc(NC(=O)c3ccc(C)cc3O)cc2)CC1. The highest BCUT2D eigenvalue weighted by molar-refractivity contribution is 6.06. The Morgan fingerprint density at radius 2 is 1.69 bits per heavy atom. The first-order valence-electron chi connectivity index (χ1n) is 9.20. The molecule has 0 aromatic heterocycles. The summed E-state index contributed by atoms with van der Waals surface area (Å²) in [6.45, 7) is 10.6. The van der Waals surface area contributed by atoms with Gasteiger partial charge < -0.3 is 15.3 Å². The van der Waals surface area contributed by atoms with Crippen LogP contribution in [0.25, 0.3) is 0 Å². The zero-order valence-corrected chi connectivity index (χ0v) is 15.5. The van der Waals surface area contributed by atoms with Gasteiger partial charge in [0, 0.05) is 38.4 Å². The lowest BCUT2D eigenvalue weighted by Crippen LogP contribution is -2.45. The molecule has 5 heteroatoms. The van der Waals surface area contributed by atoms with Crippen LogP contribution in [0.1, 0.15) is 28.4 Å². The lowest BCUT2D eigenvalue weighted by molar-refractivity contribution is 0.102.